The van der Waals surface area contributed by atoms with Gasteiger partial charge in [-0.3, -0.25) is 9.96 Å². The molecule has 0 aliphatic carbocycles. The summed E-state index contributed by atoms with van der Waals surface area (Å²) in [5, 5.41) is 1.86. The lowest BCUT2D eigenvalue weighted by Crippen LogP contribution is -2.39. The molecule has 4 heteroatoms. The average molecular weight is 220 g/mol. The first-order valence-electron chi connectivity index (χ1n) is 5.67. The summed E-state index contributed by atoms with van der Waals surface area (Å²) < 4.78 is 5.36. The zero-order chi connectivity index (χ0) is 11.0. The standard InChI is InChI=1S/C12H16N2O2/c1-13-11-5-3-2-4-10(11)12(16-13)14-6-8-15-9-7-14/h2-5,12H,6-9H2,1H3. The van der Waals surface area contributed by atoms with Crippen LogP contribution in [0.5, 0.6) is 0 Å². The molecule has 86 valence electrons. The second kappa shape index (κ2) is 4.05. The monoisotopic (exact) mass is 220 g/mol. The lowest BCUT2D eigenvalue weighted by molar-refractivity contribution is -0.0916. The van der Waals surface area contributed by atoms with Gasteiger partial charge in [0.25, 0.3) is 0 Å². The molecule has 2 aliphatic heterocycles. The van der Waals surface area contributed by atoms with Gasteiger partial charge in [-0.2, -0.15) is 0 Å². The van der Waals surface area contributed by atoms with Crippen LogP contribution >= 0.6 is 0 Å². The number of anilines is 1. The molecule has 2 aliphatic rings. The number of morpholine rings is 1. The van der Waals surface area contributed by atoms with Crippen LogP contribution < -0.4 is 5.06 Å². The molecule has 1 fully saturated rings. The van der Waals surface area contributed by atoms with E-state index in [0.29, 0.717) is 0 Å². The van der Waals surface area contributed by atoms with Crippen molar-refractivity contribution in [2.45, 2.75) is 6.23 Å². The highest BCUT2D eigenvalue weighted by atomic mass is 16.7. The Labute approximate surface area is 95.3 Å². The number of nitrogens with zero attached hydrogens (tertiary/aromatic N) is 2. The molecule has 16 heavy (non-hydrogen) atoms. The molecule has 0 radical (unpaired) electrons. The first-order valence-corrected chi connectivity index (χ1v) is 5.67. The molecule has 1 aromatic rings. The summed E-state index contributed by atoms with van der Waals surface area (Å²) >= 11 is 0. The maximum absolute atomic E-state index is 5.87. The van der Waals surface area contributed by atoms with Crippen molar-refractivity contribution in [3.63, 3.8) is 0 Å². The largest absolute Gasteiger partial charge is 0.379 e. The van der Waals surface area contributed by atoms with Crippen molar-refractivity contribution in [2.24, 2.45) is 0 Å². The molecule has 3 rings (SSSR count). The van der Waals surface area contributed by atoms with E-state index in [4.69, 9.17) is 9.57 Å². The van der Waals surface area contributed by atoms with Crippen molar-refractivity contribution in [2.75, 3.05) is 38.4 Å². The lowest BCUT2D eigenvalue weighted by Gasteiger charge is -2.31. The van der Waals surface area contributed by atoms with E-state index >= 15 is 0 Å². The van der Waals surface area contributed by atoms with Crippen molar-refractivity contribution in [3.05, 3.63) is 29.8 Å². The van der Waals surface area contributed by atoms with E-state index in [1.54, 1.807) is 0 Å². The summed E-state index contributed by atoms with van der Waals surface area (Å²) in [6, 6.07) is 8.34. The SMILES string of the molecule is CN1OC(N2CCOCC2)c2ccccc21. The molecule has 4 nitrogen and oxygen atoms in total. The Kier molecular flexibility index (Phi) is 2.55. The van der Waals surface area contributed by atoms with Gasteiger partial charge in [-0.1, -0.05) is 18.2 Å². The predicted octanol–water partition coefficient (Wildman–Crippen LogP) is 1.40. The third-order valence-electron chi connectivity index (χ3n) is 3.18. The molecule has 1 atom stereocenters. The summed E-state index contributed by atoms with van der Waals surface area (Å²) in [6.07, 6.45) is 0.0603. The minimum atomic E-state index is 0.0603. The van der Waals surface area contributed by atoms with Gasteiger partial charge in [-0.15, -0.1) is 0 Å². The molecular weight excluding hydrogens is 204 g/mol. The van der Waals surface area contributed by atoms with Crippen LogP contribution in [0, 0.1) is 0 Å². The van der Waals surface area contributed by atoms with Gasteiger partial charge in [-0.05, 0) is 6.07 Å². The fraction of sp³-hybridized carbons (Fsp3) is 0.500. The van der Waals surface area contributed by atoms with Gasteiger partial charge in [0.2, 0.25) is 0 Å². The van der Waals surface area contributed by atoms with Gasteiger partial charge in [0.15, 0.2) is 6.23 Å². The molecule has 0 N–H and O–H groups in total. The maximum Gasteiger partial charge on any atom is 0.166 e. The molecule has 0 spiro atoms. The van der Waals surface area contributed by atoms with E-state index in [1.807, 2.05) is 18.2 Å². The minimum Gasteiger partial charge on any atom is -0.379 e. The zero-order valence-electron chi connectivity index (χ0n) is 9.43. The summed E-state index contributed by atoms with van der Waals surface area (Å²) in [5.41, 5.74) is 2.42. The number of benzene rings is 1. The fourth-order valence-electron chi connectivity index (χ4n) is 2.32. The summed E-state index contributed by atoms with van der Waals surface area (Å²) in [5.74, 6) is 0. The van der Waals surface area contributed by atoms with Crippen molar-refractivity contribution in [3.8, 4) is 0 Å². The Morgan fingerprint density at radius 1 is 1.19 bits per heavy atom. The van der Waals surface area contributed by atoms with Crippen molar-refractivity contribution < 1.29 is 9.57 Å². The summed E-state index contributed by atoms with van der Waals surface area (Å²) in [6.45, 7) is 3.47. The molecule has 0 aromatic heterocycles. The molecule has 1 aromatic carbocycles. The number of hydrogen-bond donors (Lipinski definition) is 0. The van der Waals surface area contributed by atoms with Crippen LogP contribution in [-0.2, 0) is 9.57 Å². The van der Waals surface area contributed by atoms with Crippen molar-refractivity contribution in [1.29, 1.82) is 0 Å². The van der Waals surface area contributed by atoms with Crippen LogP contribution in [0.15, 0.2) is 24.3 Å². The number of fused-ring (bicyclic) bond motifs is 1. The fourth-order valence-corrected chi connectivity index (χ4v) is 2.32. The second-order valence-electron chi connectivity index (χ2n) is 4.16. The van der Waals surface area contributed by atoms with Crippen LogP contribution in [0.1, 0.15) is 11.8 Å². The topological polar surface area (TPSA) is 24.9 Å². The highest BCUT2D eigenvalue weighted by molar-refractivity contribution is 5.54. The van der Waals surface area contributed by atoms with Gasteiger partial charge in [0.05, 0.1) is 18.9 Å². The van der Waals surface area contributed by atoms with E-state index in [2.05, 4.69) is 23.1 Å². The van der Waals surface area contributed by atoms with Crippen molar-refractivity contribution >= 4 is 5.69 Å². The van der Waals surface area contributed by atoms with Crippen molar-refractivity contribution in [1.82, 2.24) is 4.90 Å². The van der Waals surface area contributed by atoms with Crippen LogP contribution in [0.25, 0.3) is 0 Å². The van der Waals surface area contributed by atoms with Crippen LogP contribution in [0.2, 0.25) is 0 Å². The highest BCUT2D eigenvalue weighted by Crippen LogP contribution is 2.38. The molecule has 0 saturated carbocycles. The molecule has 2 heterocycles. The zero-order valence-corrected chi connectivity index (χ0v) is 9.43. The van der Waals surface area contributed by atoms with Gasteiger partial charge in [0, 0.05) is 25.7 Å². The molecule has 1 saturated heterocycles. The minimum absolute atomic E-state index is 0.0603. The maximum atomic E-state index is 5.87. The predicted molar refractivity (Wildman–Crippen MR) is 61.1 cm³/mol. The number of ether oxygens (including phenoxy) is 1. The molecular formula is C12H16N2O2. The Hall–Kier alpha value is -1.10. The van der Waals surface area contributed by atoms with E-state index in [-0.39, 0.29) is 6.23 Å². The number of rotatable bonds is 1. The molecule has 0 bridgehead atoms. The van der Waals surface area contributed by atoms with E-state index in [9.17, 15) is 0 Å². The van der Waals surface area contributed by atoms with E-state index in [0.717, 1.165) is 26.3 Å². The lowest BCUT2D eigenvalue weighted by atomic mass is 10.1. The van der Waals surface area contributed by atoms with Gasteiger partial charge < -0.3 is 4.74 Å². The van der Waals surface area contributed by atoms with Crippen LogP contribution in [-0.4, -0.2) is 38.3 Å². The highest BCUT2D eigenvalue weighted by Gasteiger charge is 2.32. The third-order valence-corrected chi connectivity index (χ3v) is 3.18. The van der Waals surface area contributed by atoms with Crippen LogP contribution in [0.3, 0.4) is 0 Å². The van der Waals surface area contributed by atoms with Gasteiger partial charge in [-0.25, -0.2) is 4.84 Å². The normalized spacial score (nSPS) is 25.8. The van der Waals surface area contributed by atoms with Crippen LogP contribution in [0.4, 0.5) is 5.69 Å². The summed E-state index contributed by atoms with van der Waals surface area (Å²) in [4.78, 5) is 8.20. The number of hydrogen-bond acceptors (Lipinski definition) is 4. The van der Waals surface area contributed by atoms with Gasteiger partial charge in [0.1, 0.15) is 0 Å². The first kappa shape index (κ1) is 10.1. The van der Waals surface area contributed by atoms with E-state index < -0.39 is 0 Å². The smallest absolute Gasteiger partial charge is 0.166 e. The molecule has 1 unspecified atom stereocenters. The second-order valence-corrected chi connectivity index (χ2v) is 4.16. The van der Waals surface area contributed by atoms with Gasteiger partial charge >= 0.3 is 0 Å². The molecule has 0 amide bonds. The summed E-state index contributed by atoms with van der Waals surface area (Å²) in [7, 11) is 1.96. The first-order chi connectivity index (χ1) is 7.86. The Morgan fingerprint density at radius 3 is 2.75 bits per heavy atom. The number of para-hydroxylation sites is 1. The van der Waals surface area contributed by atoms with E-state index in [1.165, 1.54) is 11.3 Å². The quantitative estimate of drug-likeness (QED) is 0.714. The average Bonchev–Trinajstić information content (AvgIpc) is 2.69. The Bertz CT molecular complexity index is 377. The Morgan fingerprint density at radius 2 is 1.94 bits per heavy atom. The Balaban J connectivity index is 1.87. The number of hydroxylamine groups is 1. The third kappa shape index (κ3) is 1.59.